The summed E-state index contributed by atoms with van der Waals surface area (Å²) in [4.78, 5) is 52.8. The van der Waals surface area contributed by atoms with Crippen LogP contribution in [0, 0.1) is 11.8 Å². The Morgan fingerprint density at radius 2 is 1.70 bits per heavy atom. The van der Waals surface area contributed by atoms with Crippen molar-refractivity contribution < 1.29 is 28.7 Å². The Hall–Kier alpha value is -3.59. The summed E-state index contributed by atoms with van der Waals surface area (Å²) in [5, 5.41) is 9.06. The topological polar surface area (TPSA) is 123 Å². The van der Waals surface area contributed by atoms with Crippen LogP contribution >= 0.6 is 11.6 Å². The van der Waals surface area contributed by atoms with Crippen LogP contribution in [-0.4, -0.2) is 49.6 Å². The summed E-state index contributed by atoms with van der Waals surface area (Å²) in [5.74, 6) is -1.43. The molecule has 0 bridgehead atoms. The summed E-state index contributed by atoms with van der Waals surface area (Å²) >= 11 is 6.40. The molecular formula is C37H48ClN3O6. The molecular weight excluding hydrogens is 618 g/mol. The number of halogens is 1. The van der Waals surface area contributed by atoms with Gasteiger partial charge in [0.15, 0.2) is 0 Å². The number of nitrogens with one attached hydrogen (secondary N) is 3. The third-order valence-electron chi connectivity index (χ3n) is 10.3. The van der Waals surface area contributed by atoms with Gasteiger partial charge in [0.2, 0.25) is 11.8 Å². The Bertz CT molecular complexity index is 1460. The van der Waals surface area contributed by atoms with Gasteiger partial charge >= 0.3 is 12.1 Å². The molecule has 2 fully saturated rings. The SMILES string of the molecule is COC(=O)C(C[C@@H]1CCNC1=O)NC(=O)C(CC1CCCCC1)NC(=O)OC(c1ccc2c(c1)CCC2)C(C)(C)c1cccc(Cl)c1. The van der Waals surface area contributed by atoms with Crippen LogP contribution in [0.25, 0.3) is 0 Å². The van der Waals surface area contributed by atoms with Crippen LogP contribution in [0.2, 0.25) is 5.02 Å². The van der Waals surface area contributed by atoms with Crippen molar-refractivity contribution in [1.29, 1.82) is 0 Å². The van der Waals surface area contributed by atoms with Gasteiger partial charge in [-0.1, -0.05) is 87.9 Å². The van der Waals surface area contributed by atoms with Gasteiger partial charge in [-0.25, -0.2) is 9.59 Å². The normalized spacial score (nSPS) is 20.0. The number of alkyl carbamates (subject to hydrolysis) is 1. The molecule has 254 valence electrons. The van der Waals surface area contributed by atoms with Gasteiger partial charge in [-0.3, -0.25) is 9.59 Å². The van der Waals surface area contributed by atoms with E-state index in [4.69, 9.17) is 21.1 Å². The number of fused-ring (bicyclic) bond motifs is 1. The van der Waals surface area contributed by atoms with Crippen molar-refractivity contribution >= 4 is 35.5 Å². The Balaban J connectivity index is 1.38. The molecule has 2 aromatic rings. The molecule has 10 heteroatoms. The average molecular weight is 666 g/mol. The zero-order valence-corrected chi connectivity index (χ0v) is 28.5. The molecule has 3 N–H and O–H groups in total. The zero-order valence-electron chi connectivity index (χ0n) is 27.7. The van der Waals surface area contributed by atoms with E-state index in [9.17, 15) is 19.2 Å². The predicted molar refractivity (Wildman–Crippen MR) is 180 cm³/mol. The first-order chi connectivity index (χ1) is 22.5. The highest BCUT2D eigenvalue weighted by Crippen LogP contribution is 2.42. The van der Waals surface area contributed by atoms with Gasteiger partial charge in [0.05, 0.1) is 7.11 Å². The van der Waals surface area contributed by atoms with Gasteiger partial charge < -0.3 is 25.4 Å². The number of amides is 3. The molecule has 1 saturated heterocycles. The second-order valence-corrected chi connectivity index (χ2v) is 14.4. The highest BCUT2D eigenvalue weighted by Gasteiger charge is 2.39. The number of rotatable bonds is 12. The van der Waals surface area contributed by atoms with Gasteiger partial charge in [0.1, 0.15) is 18.2 Å². The quantitative estimate of drug-likeness (QED) is 0.236. The monoisotopic (exact) mass is 665 g/mol. The van der Waals surface area contributed by atoms with E-state index in [1.807, 2.05) is 44.2 Å². The van der Waals surface area contributed by atoms with Crippen LogP contribution < -0.4 is 16.0 Å². The van der Waals surface area contributed by atoms with Crippen LogP contribution in [0.4, 0.5) is 4.79 Å². The summed E-state index contributed by atoms with van der Waals surface area (Å²) in [6.45, 7) is 4.58. The number of carbonyl (C=O) groups is 4. The number of aryl methyl sites for hydroxylation is 2. The molecule has 2 aromatic carbocycles. The zero-order chi connectivity index (χ0) is 33.6. The van der Waals surface area contributed by atoms with Gasteiger partial charge in [0, 0.05) is 22.9 Å². The lowest BCUT2D eigenvalue weighted by atomic mass is 9.76. The van der Waals surface area contributed by atoms with Crippen LogP contribution in [0.1, 0.15) is 100.0 Å². The third kappa shape index (κ3) is 8.66. The summed E-state index contributed by atoms with van der Waals surface area (Å²) < 4.78 is 11.3. The molecule has 0 spiro atoms. The summed E-state index contributed by atoms with van der Waals surface area (Å²) in [7, 11) is 1.26. The van der Waals surface area contributed by atoms with Gasteiger partial charge in [0.25, 0.3) is 0 Å². The number of methoxy groups -OCH3 is 1. The first-order valence-electron chi connectivity index (χ1n) is 17.1. The molecule has 4 atom stereocenters. The fourth-order valence-corrected chi connectivity index (χ4v) is 7.67. The Morgan fingerprint density at radius 3 is 2.40 bits per heavy atom. The highest BCUT2D eigenvalue weighted by atomic mass is 35.5. The lowest BCUT2D eigenvalue weighted by molar-refractivity contribution is -0.146. The summed E-state index contributed by atoms with van der Waals surface area (Å²) in [6, 6.07) is 11.9. The average Bonchev–Trinajstić information content (AvgIpc) is 3.71. The fraction of sp³-hybridized carbons (Fsp3) is 0.568. The Kier molecular flexibility index (Phi) is 11.5. The molecule has 47 heavy (non-hydrogen) atoms. The van der Waals surface area contributed by atoms with Crippen molar-refractivity contribution in [1.82, 2.24) is 16.0 Å². The van der Waals surface area contributed by atoms with Gasteiger partial charge in [-0.05, 0) is 78.8 Å². The molecule has 0 radical (unpaired) electrons. The van der Waals surface area contributed by atoms with Crippen molar-refractivity contribution in [3.63, 3.8) is 0 Å². The second-order valence-electron chi connectivity index (χ2n) is 13.9. The maximum absolute atomic E-state index is 13.9. The van der Waals surface area contributed by atoms with Crippen molar-refractivity contribution in [2.24, 2.45) is 11.8 Å². The minimum atomic E-state index is -1.02. The summed E-state index contributed by atoms with van der Waals surface area (Å²) in [5.41, 5.74) is 3.69. The van der Waals surface area contributed by atoms with E-state index in [0.717, 1.165) is 62.5 Å². The number of benzene rings is 2. The maximum atomic E-state index is 13.9. The Labute approximate surface area is 282 Å². The lowest BCUT2D eigenvalue weighted by Gasteiger charge is -2.36. The molecule has 3 unspecified atom stereocenters. The number of esters is 1. The van der Waals surface area contributed by atoms with Crippen molar-refractivity contribution in [3.8, 4) is 0 Å². The second kappa shape index (κ2) is 15.5. The van der Waals surface area contributed by atoms with E-state index >= 15 is 0 Å². The molecule has 0 aromatic heterocycles. The molecule has 3 amide bonds. The van der Waals surface area contributed by atoms with E-state index in [0.29, 0.717) is 24.4 Å². The standard InChI is InChI=1S/C37H48ClN3O6/c1-37(2,28-13-8-14-29(38)22-28)32(26-16-15-24-11-7-12-25(24)20-26)47-36(45)41-30(19-23-9-5-4-6-10-23)34(43)40-31(35(44)46-3)21-27-17-18-39-33(27)42/h8,13-16,20,22-23,27,30-32H,4-7,9-12,17-19,21H2,1-3H3,(H,39,42)(H,40,43)(H,41,45)/t27-,30?,31?,32?/m0/s1. The van der Waals surface area contributed by atoms with E-state index in [1.165, 1.54) is 18.2 Å². The van der Waals surface area contributed by atoms with Crippen molar-refractivity contribution in [2.45, 2.75) is 108 Å². The Morgan fingerprint density at radius 1 is 0.936 bits per heavy atom. The van der Waals surface area contributed by atoms with Crippen molar-refractivity contribution in [3.05, 3.63) is 69.7 Å². The van der Waals surface area contributed by atoms with Crippen molar-refractivity contribution in [2.75, 3.05) is 13.7 Å². The molecule has 2 aliphatic carbocycles. The van der Waals surface area contributed by atoms with Crippen LogP contribution in [0.3, 0.4) is 0 Å². The molecule has 9 nitrogen and oxygen atoms in total. The third-order valence-corrected chi connectivity index (χ3v) is 10.5. The largest absolute Gasteiger partial charge is 0.467 e. The number of carbonyl (C=O) groups excluding carboxylic acids is 4. The number of hydrogen-bond acceptors (Lipinski definition) is 6. The van der Waals surface area contributed by atoms with E-state index in [2.05, 4.69) is 28.1 Å². The van der Waals surface area contributed by atoms with E-state index in [1.54, 1.807) is 0 Å². The summed E-state index contributed by atoms with van der Waals surface area (Å²) in [6.07, 6.45) is 8.03. The lowest BCUT2D eigenvalue weighted by Crippen LogP contribution is -2.53. The first-order valence-corrected chi connectivity index (χ1v) is 17.4. The minimum absolute atomic E-state index is 0.124. The van der Waals surface area contributed by atoms with Gasteiger partial charge in [-0.15, -0.1) is 0 Å². The molecule has 3 aliphatic rings. The van der Waals surface area contributed by atoms with E-state index in [-0.39, 0.29) is 18.2 Å². The van der Waals surface area contributed by atoms with Crippen LogP contribution in [0.15, 0.2) is 42.5 Å². The maximum Gasteiger partial charge on any atom is 0.408 e. The number of hydrogen-bond donors (Lipinski definition) is 3. The van der Waals surface area contributed by atoms with Crippen LogP contribution in [0.5, 0.6) is 0 Å². The molecule has 1 heterocycles. The first kappa shape index (κ1) is 34.7. The highest BCUT2D eigenvalue weighted by molar-refractivity contribution is 6.30. The number of ether oxygens (including phenoxy) is 2. The molecule has 1 saturated carbocycles. The fourth-order valence-electron chi connectivity index (χ4n) is 7.48. The molecule has 5 rings (SSSR count). The minimum Gasteiger partial charge on any atom is -0.467 e. The van der Waals surface area contributed by atoms with E-state index < -0.39 is 47.5 Å². The molecule has 1 aliphatic heterocycles. The van der Waals surface area contributed by atoms with Gasteiger partial charge in [-0.2, -0.15) is 0 Å². The van der Waals surface area contributed by atoms with Crippen LogP contribution in [-0.2, 0) is 42.1 Å². The smallest absolute Gasteiger partial charge is 0.408 e. The predicted octanol–water partition coefficient (Wildman–Crippen LogP) is 6.10.